The van der Waals surface area contributed by atoms with Crippen molar-refractivity contribution in [3.63, 3.8) is 0 Å². The minimum Gasteiger partial charge on any atom is -0.383 e. The predicted octanol–water partition coefficient (Wildman–Crippen LogP) is 2.41. The van der Waals surface area contributed by atoms with Crippen molar-refractivity contribution in [3.05, 3.63) is 59.7 Å². The van der Waals surface area contributed by atoms with Crippen LogP contribution in [0, 0.1) is 11.7 Å². The lowest BCUT2D eigenvalue weighted by Crippen LogP contribution is -2.33. The lowest BCUT2D eigenvalue weighted by atomic mass is 10.0. The van der Waals surface area contributed by atoms with E-state index < -0.39 is 0 Å². The van der Waals surface area contributed by atoms with Crippen molar-refractivity contribution >= 4 is 5.91 Å². The van der Waals surface area contributed by atoms with E-state index >= 15 is 0 Å². The maximum Gasteiger partial charge on any atom is 0.220 e. The normalized spacial score (nSPS) is 17.5. The maximum atomic E-state index is 14.1. The average Bonchev–Trinajstić information content (AvgIpc) is 2.97. The number of hydrogen-bond acceptors (Lipinski definition) is 3. The van der Waals surface area contributed by atoms with Crippen LogP contribution in [-0.2, 0) is 29.2 Å². The van der Waals surface area contributed by atoms with E-state index in [1.807, 2.05) is 18.2 Å². The first kappa shape index (κ1) is 18.6. The predicted molar refractivity (Wildman–Crippen MR) is 97.9 cm³/mol. The number of rotatable bonds is 7. The summed E-state index contributed by atoms with van der Waals surface area (Å²) in [6, 6.07) is 11.0. The van der Waals surface area contributed by atoms with Gasteiger partial charge in [0.15, 0.2) is 0 Å². The summed E-state index contributed by atoms with van der Waals surface area (Å²) in [5.41, 5.74) is 1.89. The molecule has 1 atom stereocenters. The van der Waals surface area contributed by atoms with Crippen LogP contribution in [0.15, 0.2) is 42.6 Å². The van der Waals surface area contributed by atoms with Crippen molar-refractivity contribution in [1.82, 2.24) is 14.8 Å². The van der Waals surface area contributed by atoms with Crippen LogP contribution in [0.4, 0.5) is 4.39 Å². The Labute approximate surface area is 153 Å². The molecule has 5 nitrogen and oxygen atoms in total. The van der Waals surface area contributed by atoms with Gasteiger partial charge in [0.1, 0.15) is 5.82 Å². The van der Waals surface area contributed by atoms with Gasteiger partial charge < -0.3 is 14.6 Å². The van der Waals surface area contributed by atoms with Crippen LogP contribution < -0.4 is 5.32 Å². The first-order valence-electron chi connectivity index (χ1n) is 9.01. The van der Waals surface area contributed by atoms with E-state index in [1.165, 1.54) is 11.8 Å². The number of carbonyl (C=O) groups excluding carboxylic acids is 1. The Morgan fingerprint density at radius 1 is 1.27 bits per heavy atom. The molecule has 1 aromatic carbocycles. The van der Waals surface area contributed by atoms with Gasteiger partial charge in [-0.05, 0) is 24.1 Å². The van der Waals surface area contributed by atoms with Crippen LogP contribution >= 0.6 is 0 Å². The molecule has 2 heterocycles. The Balaban J connectivity index is 1.68. The highest BCUT2D eigenvalue weighted by molar-refractivity contribution is 5.76. The molecule has 3 rings (SSSR count). The van der Waals surface area contributed by atoms with Crippen molar-refractivity contribution in [2.24, 2.45) is 5.92 Å². The SMILES string of the molecule is COCCNC(=O)C[C@H]1CN(Cc2ccccc2F)Cc2cccn2C1. The second kappa shape index (κ2) is 8.96. The Kier molecular flexibility index (Phi) is 6.41. The van der Waals surface area contributed by atoms with Gasteiger partial charge in [-0.1, -0.05) is 18.2 Å². The Morgan fingerprint density at radius 2 is 2.12 bits per heavy atom. The van der Waals surface area contributed by atoms with Gasteiger partial charge in [0.05, 0.1) is 6.61 Å². The van der Waals surface area contributed by atoms with E-state index in [0.29, 0.717) is 31.7 Å². The van der Waals surface area contributed by atoms with E-state index in [4.69, 9.17) is 4.74 Å². The van der Waals surface area contributed by atoms with Crippen LogP contribution in [0.1, 0.15) is 17.7 Å². The summed E-state index contributed by atoms with van der Waals surface area (Å²) in [6.45, 7) is 3.89. The van der Waals surface area contributed by atoms with Crippen LogP contribution in [0.5, 0.6) is 0 Å². The summed E-state index contributed by atoms with van der Waals surface area (Å²) in [5.74, 6) is 0.0347. The molecular formula is C20H26FN3O2. The Hall–Kier alpha value is -2.18. The number of carbonyl (C=O) groups is 1. The summed E-state index contributed by atoms with van der Waals surface area (Å²) in [4.78, 5) is 14.4. The number of hydrogen-bond donors (Lipinski definition) is 1. The molecule has 1 aromatic heterocycles. The number of fused-ring (bicyclic) bond motifs is 1. The van der Waals surface area contributed by atoms with Gasteiger partial charge in [-0.15, -0.1) is 0 Å². The van der Waals surface area contributed by atoms with Crippen LogP contribution in [0.25, 0.3) is 0 Å². The zero-order valence-electron chi connectivity index (χ0n) is 15.2. The molecule has 0 aliphatic carbocycles. The number of amides is 1. The summed E-state index contributed by atoms with van der Waals surface area (Å²) in [5, 5.41) is 2.89. The summed E-state index contributed by atoms with van der Waals surface area (Å²) in [6.07, 6.45) is 2.51. The van der Waals surface area contributed by atoms with Gasteiger partial charge in [0, 0.05) is 63.7 Å². The van der Waals surface area contributed by atoms with E-state index in [1.54, 1.807) is 13.2 Å². The van der Waals surface area contributed by atoms with Gasteiger partial charge >= 0.3 is 0 Å². The topological polar surface area (TPSA) is 46.5 Å². The molecule has 1 amide bonds. The molecule has 0 radical (unpaired) electrons. The molecule has 0 saturated carbocycles. The first-order valence-corrected chi connectivity index (χ1v) is 9.01. The Bertz CT molecular complexity index is 731. The minimum atomic E-state index is -0.180. The molecule has 1 aliphatic rings. The molecule has 1 N–H and O–H groups in total. The van der Waals surface area contributed by atoms with Crippen LogP contribution in [0.3, 0.4) is 0 Å². The molecule has 140 valence electrons. The van der Waals surface area contributed by atoms with E-state index in [2.05, 4.69) is 27.0 Å². The second-order valence-corrected chi connectivity index (χ2v) is 6.83. The van der Waals surface area contributed by atoms with Crippen molar-refractivity contribution in [2.75, 3.05) is 26.8 Å². The molecule has 2 aromatic rings. The molecule has 1 aliphatic heterocycles. The largest absolute Gasteiger partial charge is 0.383 e. The number of nitrogens with one attached hydrogen (secondary N) is 1. The molecule has 0 unspecified atom stereocenters. The zero-order valence-corrected chi connectivity index (χ0v) is 15.2. The third-order valence-corrected chi connectivity index (χ3v) is 4.73. The molecule has 0 fully saturated rings. The Morgan fingerprint density at radius 3 is 2.92 bits per heavy atom. The van der Waals surface area contributed by atoms with Crippen molar-refractivity contribution in [1.29, 1.82) is 0 Å². The third-order valence-electron chi connectivity index (χ3n) is 4.73. The van der Waals surface area contributed by atoms with Crippen molar-refractivity contribution in [2.45, 2.75) is 26.1 Å². The average molecular weight is 359 g/mol. The highest BCUT2D eigenvalue weighted by Gasteiger charge is 2.24. The van der Waals surface area contributed by atoms with E-state index in [9.17, 15) is 9.18 Å². The number of aromatic nitrogens is 1. The number of methoxy groups -OCH3 is 1. The van der Waals surface area contributed by atoms with Gasteiger partial charge in [-0.25, -0.2) is 4.39 Å². The summed E-state index contributed by atoms with van der Waals surface area (Å²) >= 11 is 0. The molecule has 6 heteroatoms. The number of nitrogens with zero attached hydrogens (tertiary/aromatic N) is 2. The first-order chi connectivity index (χ1) is 12.7. The molecule has 0 bridgehead atoms. The fraction of sp³-hybridized carbons (Fsp3) is 0.450. The summed E-state index contributed by atoms with van der Waals surface area (Å²) in [7, 11) is 1.62. The number of halogens is 1. The van der Waals surface area contributed by atoms with Crippen LogP contribution in [-0.4, -0.2) is 42.2 Å². The second-order valence-electron chi connectivity index (χ2n) is 6.83. The lowest BCUT2D eigenvalue weighted by molar-refractivity contribution is -0.122. The van der Waals surface area contributed by atoms with E-state index in [-0.39, 0.29) is 17.6 Å². The standard InChI is InChI=1S/C20H26FN3O2/c1-26-10-8-22-20(25)11-16-12-23(14-17-5-2-3-7-19(17)21)15-18-6-4-9-24(18)13-16/h2-7,9,16H,8,10-15H2,1H3,(H,22,25)/t16-/m0/s1. The van der Waals surface area contributed by atoms with Gasteiger partial charge in [0.25, 0.3) is 0 Å². The van der Waals surface area contributed by atoms with E-state index in [0.717, 1.165) is 19.6 Å². The van der Waals surface area contributed by atoms with Crippen molar-refractivity contribution in [3.8, 4) is 0 Å². The third kappa shape index (κ3) is 4.93. The maximum absolute atomic E-state index is 14.1. The minimum absolute atomic E-state index is 0.0356. The summed E-state index contributed by atoms with van der Waals surface area (Å²) < 4.78 is 21.2. The molecule has 0 spiro atoms. The van der Waals surface area contributed by atoms with Gasteiger partial charge in [-0.3, -0.25) is 9.69 Å². The molecule has 26 heavy (non-hydrogen) atoms. The van der Waals surface area contributed by atoms with Crippen molar-refractivity contribution < 1.29 is 13.9 Å². The molecular weight excluding hydrogens is 333 g/mol. The quantitative estimate of drug-likeness (QED) is 0.773. The van der Waals surface area contributed by atoms with Crippen LogP contribution in [0.2, 0.25) is 0 Å². The fourth-order valence-corrected chi connectivity index (χ4v) is 3.51. The van der Waals surface area contributed by atoms with Gasteiger partial charge in [-0.2, -0.15) is 0 Å². The monoisotopic (exact) mass is 359 g/mol. The number of benzene rings is 1. The van der Waals surface area contributed by atoms with Gasteiger partial charge in [0.2, 0.25) is 5.91 Å². The molecule has 0 saturated heterocycles. The highest BCUT2D eigenvalue weighted by atomic mass is 19.1. The lowest BCUT2D eigenvalue weighted by Gasteiger charge is -2.24. The fourth-order valence-electron chi connectivity index (χ4n) is 3.51. The zero-order chi connectivity index (χ0) is 18.4. The highest BCUT2D eigenvalue weighted by Crippen LogP contribution is 2.22. The smallest absolute Gasteiger partial charge is 0.220 e. The number of ether oxygens (including phenoxy) is 1.